The number of para-hydroxylation sites is 1. The maximum Gasteiger partial charge on any atom is 0.416 e. The minimum atomic E-state index is -4.61. The molecule has 0 radical (unpaired) electrons. The highest BCUT2D eigenvalue weighted by atomic mass is 35.5. The highest BCUT2D eigenvalue weighted by molar-refractivity contribution is 6.27. The van der Waals surface area contributed by atoms with E-state index in [0.29, 0.717) is 18.4 Å². The topological polar surface area (TPSA) is 245 Å². The monoisotopic (exact) mass is 820 g/mol. The fraction of sp³-hybridized carbons (Fsp3) is 0.432. The molecule has 0 aliphatic carbocycles. The molecule has 57 heavy (non-hydrogen) atoms. The molecule has 9 N–H and O–H groups in total. The van der Waals surface area contributed by atoms with Gasteiger partial charge in [0.15, 0.2) is 0 Å². The van der Waals surface area contributed by atoms with Gasteiger partial charge in [0.2, 0.25) is 29.5 Å². The molecule has 0 bridgehead atoms. The number of alkyl halides is 4. The van der Waals surface area contributed by atoms with Gasteiger partial charge < -0.3 is 47.3 Å². The molecule has 4 atom stereocenters. The first-order valence-electron chi connectivity index (χ1n) is 18.1. The molecule has 1 aromatic heterocycles. The van der Waals surface area contributed by atoms with Crippen LogP contribution < -0.4 is 32.3 Å². The highest BCUT2D eigenvalue weighted by Crippen LogP contribution is 2.30. The highest BCUT2D eigenvalue weighted by Gasteiger charge is 2.38. The van der Waals surface area contributed by atoms with E-state index >= 15 is 0 Å². The van der Waals surface area contributed by atoms with Crippen LogP contribution in [0.3, 0.4) is 0 Å². The van der Waals surface area contributed by atoms with E-state index in [4.69, 9.17) is 17.3 Å². The Balaban J connectivity index is 1.61. The number of piperidine rings is 1. The molecular formula is C37H44ClF3N8O8. The van der Waals surface area contributed by atoms with Crippen molar-refractivity contribution in [1.82, 2.24) is 31.2 Å². The second-order valence-electron chi connectivity index (χ2n) is 13.4. The van der Waals surface area contributed by atoms with Crippen LogP contribution in [0.2, 0.25) is 0 Å². The van der Waals surface area contributed by atoms with Crippen molar-refractivity contribution in [2.75, 3.05) is 24.3 Å². The van der Waals surface area contributed by atoms with Crippen LogP contribution in [0, 0.1) is 0 Å². The third kappa shape index (κ3) is 12.8. The Kier molecular flexibility index (Phi) is 15.7. The van der Waals surface area contributed by atoms with Crippen LogP contribution in [-0.4, -0.2) is 99.7 Å². The van der Waals surface area contributed by atoms with Crippen LogP contribution in [0.4, 0.5) is 23.7 Å². The Labute approximate surface area is 329 Å². The zero-order valence-electron chi connectivity index (χ0n) is 30.6. The summed E-state index contributed by atoms with van der Waals surface area (Å²) in [5.74, 6) is -5.44. The molecule has 20 heteroatoms. The van der Waals surface area contributed by atoms with Crippen molar-refractivity contribution in [3.8, 4) is 0 Å². The van der Waals surface area contributed by atoms with Gasteiger partial charge in [-0.15, -0.1) is 11.6 Å². The van der Waals surface area contributed by atoms with E-state index < -0.39 is 89.7 Å². The van der Waals surface area contributed by atoms with Gasteiger partial charge in [-0.25, -0.2) is 4.79 Å². The summed E-state index contributed by atoms with van der Waals surface area (Å²) in [7, 11) is 0. The number of hydrogen-bond donors (Lipinski definition) is 8. The average Bonchev–Trinajstić information content (AvgIpc) is 3.59. The first kappa shape index (κ1) is 43.9. The minimum absolute atomic E-state index is 0.0112. The van der Waals surface area contributed by atoms with E-state index in [1.807, 2.05) is 6.07 Å². The fourth-order valence-corrected chi connectivity index (χ4v) is 6.53. The number of nitrogens with zero attached hydrogens (tertiary/aromatic N) is 1. The number of carboxylic acid groups (broad SMARTS) is 1. The van der Waals surface area contributed by atoms with Crippen molar-refractivity contribution in [2.24, 2.45) is 5.73 Å². The van der Waals surface area contributed by atoms with Crippen LogP contribution in [-0.2, 0) is 41.4 Å². The van der Waals surface area contributed by atoms with Gasteiger partial charge in [0.25, 0.3) is 0 Å². The number of hydrogen-bond acceptors (Lipinski definition) is 7. The van der Waals surface area contributed by atoms with Gasteiger partial charge in [-0.3, -0.25) is 28.8 Å². The average molecular weight is 821 g/mol. The van der Waals surface area contributed by atoms with Gasteiger partial charge in [0.05, 0.1) is 5.56 Å². The number of anilines is 1. The maximum absolute atomic E-state index is 14.2. The summed E-state index contributed by atoms with van der Waals surface area (Å²) in [6, 6.07) is 4.97. The molecule has 308 valence electrons. The second-order valence-corrected chi connectivity index (χ2v) is 13.7. The summed E-state index contributed by atoms with van der Waals surface area (Å²) in [4.78, 5) is 94.7. The number of halogens is 4. The number of aliphatic carboxylic acids is 1. The molecule has 1 saturated heterocycles. The Morgan fingerprint density at radius 3 is 2.30 bits per heavy atom. The lowest BCUT2D eigenvalue weighted by Gasteiger charge is -2.37. The van der Waals surface area contributed by atoms with Crippen molar-refractivity contribution < 1.29 is 51.8 Å². The molecule has 16 nitrogen and oxygen atoms in total. The third-order valence-corrected chi connectivity index (χ3v) is 9.55. The third-order valence-electron chi connectivity index (χ3n) is 9.30. The molecule has 1 fully saturated rings. The molecule has 0 saturated carbocycles. The Bertz CT molecular complexity index is 1930. The molecule has 0 spiro atoms. The summed E-state index contributed by atoms with van der Waals surface area (Å²) in [5, 5.41) is 22.7. The quantitative estimate of drug-likeness (QED) is 0.0699. The van der Waals surface area contributed by atoms with E-state index in [0.717, 1.165) is 35.2 Å². The summed E-state index contributed by atoms with van der Waals surface area (Å²) in [6.07, 6.45) is -2.49. The van der Waals surface area contributed by atoms with E-state index in [1.165, 1.54) is 4.90 Å². The molecule has 4 rings (SSSR count). The van der Waals surface area contributed by atoms with E-state index in [9.17, 15) is 51.8 Å². The molecule has 3 unspecified atom stereocenters. The van der Waals surface area contributed by atoms with Crippen molar-refractivity contribution in [1.29, 1.82) is 0 Å². The van der Waals surface area contributed by atoms with Gasteiger partial charge >= 0.3 is 18.2 Å². The zero-order chi connectivity index (χ0) is 41.7. The van der Waals surface area contributed by atoms with Crippen LogP contribution >= 0.6 is 11.6 Å². The molecule has 1 aliphatic rings. The Hall–Kier alpha value is -5.85. The molecule has 7 amide bonds. The number of H-pyrrole nitrogens is 1. The largest absolute Gasteiger partial charge is 0.481 e. The van der Waals surface area contributed by atoms with E-state index in [1.54, 1.807) is 24.4 Å². The van der Waals surface area contributed by atoms with Crippen LogP contribution in [0.25, 0.3) is 10.9 Å². The SMILES string of the molecule is NC(=O)NCCCC(NC(=O)C(Cc1c[nH]c2ccccc12)NC(=O)[C@@H]1CCCCN1C(=O)C(CCC(=O)O)NC(=O)CCl)C(=O)Nc1ccc(C(F)(F)F)cc1. The van der Waals surface area contributed by atoms with Gasteiger partial charge in [0.1, 0.15) is 30.0 Å². The second kappa shape index (κ2) is 20.4. The summed E-state index contributed by atoms with van der Waals surface area (Å²) >= 11 is 5.63. The van der Waals surface area contributed by atoms with Crippen molar-refractivity contribution in [2.45, 2.75) is 81.7 Å². The Morgan fingerprint density at radius 2 is 1.63 bits per heavy atom. The maximum atomic E-state index is 14.2. The predicted molar refractivity (Wildman–Crippen MR) is 202 cm³/mol. The van der Waals surface area contributed by atoms with E-state index in [-0.39, 0.29) is 50.9 Å². The van der Waals surface area contributed by atoms with Crippen molar-refractivity contribution in [3.63, 3.8) is 0 Å². The van der Waals surface area contributed by atoms with Gasteiger partial charge in [-0.05, 0) is 74.4 Å². The van der Waals surface area contributed by atoms with Crippen LogP contribution in [0.1, 0.15) is 56.1 Å². The normalized spacial score (nSPS) is 15.8. The van der Waals surface area contributed by atoms with Gasteiger partial charge in [0, 0.05) is 48.7 Å². The van der Waals surface area contributed by atoms with Crippen molar-refractivity contribution >= 4 is 69.7 Å². The first-order chi connectivity index (χ1) is 27.1. The Morgan fingerprint density at radius 1 is 0.912 bits per heavy atom. The molecule has 2 heterocycles. The van der Waals surface area contributed by atoms with Crippen molar-refractivity contribution in [3.05, 3.63) is 65.9 Å². The lowest BCUT2D eigenvalue weighted by molar-refractivity contribution is -0.146. The molecule has 3 aromatic rings. The minimum Gasteiger partial charge on any atom is -0.481 e. The number of aromatic amines is 1. The number of fused-ring (bicyclic) bond motifs is 1. The first-order valence-corrected chi connectivity index (χ1v) is 18.7. The van der Waals surface area contributed by atoms with Crippen LogP contribution in [0.15, 0.2) is 54.7 Å². The number of nitrogens with two attached hydrogens (primary N) is 1. The van der Waals surface area contributed by atoms with E-state index in [2.05, 4.69) is 31.6 Å². The number of amides is 7. The summed E-state index contributed by atoms with van der Waals surface area (Å²) < 4.78 is 39.4. The van der Waals surface area contributed by atoms with Crippen LogP contribution in [0.5, 0.6) is 0 Å². The molecular weight excluding hydrogens is 777 g/mol. The number of likely N-dealkylation sites (tertiary alicyclic amines) is 1. The van der Waals surface area contributed by atoms with Gasteiger partial charge in [-0.1, -0.05) is 18.2 Å². The molecule has 1 aliphatic heterocycles. The number of nitrogens with one attached hydrogen (secondary N) is 6. The zero-order valence-corrected chi connectivity index (χ0v) is 31.4. The van der Waals surface area contributed by atoms with Gasteiger partial charge in [-0.2, -0.15) is 13.2 Å². The lowest BCUT2D eigenvalue weighted by atomic mass is 9.97. The number of benzene rings is 2. The lowest BCUT2D eigenvalue weighted by Crippen LogP contribution is -2.60. The summed E-state index contributed by atoms with van der Waals surface area (Å²) in [5.41, 5.74) is 5.59. The number of carbonyl (C=O) groups is 7. The predicted octanol–water partition coefficient (Wildman–Crippen LogP) is 2.76. The number of aromatic nitrogens is 1. The number of carbonyl (C=O) groups excluding carboxylic acids is 6. The number of primary amides is 1. The summed E-state index contributed by atoms with van der Waals surface area (Å²) in [6.45, 7) is 0.122. The smallest absolute Gasteiger partial charge is 0.416 e. The number of carboxylic acids is 1. The standard InChI is InChI=1S/C37H44ClF3N8O8/c38-19-30(50)46-27(14-15-31(51)52)35(56)49-17-4-3-9-29(49)34(55)48-28(18-21-20-44-25-7-2-1-6-24(21)25)33(54)47-26(8-5-16-43-36(42)57)32(53)45-23-12-10-22(11-13-23)37(39,40)41/h1-2,6-7,10-13,20,26-29,44H,3-5,8-9,14-19H2,(H,45,53)(H,46,50)(H,47,54)(H,48,55)(H,51,52)(H3,42,43,57)/t26?,27?,28?,29-/m0/s1. The fourth-order valence-electron chi connectivity index (χ4n) is 6.45. The number of urea groups is 1. The molecule has 2 aromatic carbocycles. The number of rotatable bonds is 18.